The van der Waals surface area contributed by atoms with Gasteiger partial charge in [-0.3, -0.25) is 4.79 Å². The molecule has 0 fully saturated rings. The normalized spacial score (nSPS) is 12.2. The lowest BCUT2D eigenvalue weighted by Gasteiger charge is -2.07. The van der Waals surface area contributed by atoms with Gasteiger partial charge in [0.2, 0.25) is 5.91 Å². The van der Waals surface area contributed by atoms with E-state index in [0.29, 0.717) is 19.8 Å². The Morgan fingerprint density at radius 3 is 2.92 bits per heavy atom. The van der Waals surface area contributed by atoms with Crippen LogP contribution in [0.15, 0.2) is 12.7 Å². The SMILES string of the molecule is C=CCCOCCNC(=O)C(C)N. The molecule has 0 saturated heterocycles. The minimum absolute atomic E-state index is 0.146. The third kappa shape index (κ3) is 7.49. The van der Waals surface area contributed by atoms with Gasteiger partial charge in [-0.05, 0) is 13.3 Å². The third-order valence-electron chi connectivity index (χ3n) is 1.43. The van der Waals surface area contributed by atoms with Gasteiger partial charge in [0.25, 0.3) is 0 Å². The molecular weight excluding hydrogens is 168 g/mol. The number of hydrogen-bond donors (Lipinski definition) is 2. The van der Waals surface area contributed by atoms with Crippen LogP contribution in [0, 0.1) is 0 Å². The Morgan fingerprint density at radius 1 is 1.69 bits per heavy atom. The highest BCUT2D eigenvalue weighted by Crippen LogP contribution is 1.82. The monoisotopic (exact) mass is 186 g/mol. The van der Waals surface area contributed by atoms with Gasteiger partial charge in [0.1, 0.15) is 0 Å². The van der Waals surface area contributed by atoms with Crippen molar-refractivity contribution in [2.24, 2.45) is 5.73 Å². The molecule has 0 bridgehead atoms. The van der Waals surface area contributed by atoms with Crippen molar-refractivity contribution < 1.29 is 9.53 Å². The van der Waals surface area contributed by atoms with Crippen molar-refractivity contribution in [2.45, 2.75) is 19.4 Å². The molecule has 0 aliphatic heterocycles. The van der Waals surface area contributed by atoms with Crippen molar-refractivity contribution in [3.8, 4) is 0 Å². The highest BCUT2D eigenvalue weighted by atomic mass is 16.5. The van der Waals surface area contributed by atoms with Gasteiger partial charge in [0.05, 0.1) is 19.3 Å². The second-order valence-electron chi connectivity index (χ2n) is 2.77. The van der Waals surface area contributed by atoms with E-state index in [2.05, 4.69) is 11.9 Å². The molecule has 0 aliphatic rings. The summed E-state index contributed by atoms with van der Waals surface area (Å²) in [6, 6.07) is -0.451. The Balaban J connectivity index is 3.16. The minimum Gasteiger partial charge on any atom is -0.379 e. The molecule has 0 spiro atoms. The Labute approximate surface area is 79.1 Å². The van der Waals surface area contributed by atoms with E-state index in [1.807, 2.05) is 0 Å². The summed E-state index contributed by atoms with van der Waals surface area (Å²) >= 11 is 0. The molecule has 0 saturated carbocycles. The molecule has 0 aromatic carbocycles. The molecule has 13 heavy (non-hydrogen) atoms. The Kier molecular flexibility index (Phi) is 7.24. The van der Waals surface area contributed by atoms with E-state index in [9.17, 15) is 4.79 Å². The Bertz CT molecular complexity index is 158. The van der Waals surface area contributed by atoms with Crippen molar-refractivity contribution in [3.05, 3.63) is 12.7 Å². The number of ether oxygens (including phenoxy) is 1. The largest absolute Gasteiger partial charge is 0.379 e. The number of nitrogens with two attached hydrogens (primary N) is 1. The number of rotatable bonds is 7. The van der Waals surface area contributed by atoms with E-state index in [-0.39, 0.29) is 5.91 Å². The minimum atomic E-state index is -0.451. The molecule has 1 amide bonds. The summed E-state index contributed by atoms with van der Waals surface area (Å²) in [4.78, 5) is 10.9. The van der Waals surface area contributed by atoms with Crippen LogP contribution >= 0.6 is 0 Å². The molecule has 76 valence electrons. The van der Waals surface area contributed by atoms with Crippen LogP contribution in [0.5, 0.6) is 0 Å². The number of carbonyl (C=O) groups excluding carboxylic acids is 1. The molecule has 0 radical (unpaired) electrons. The van der Waals surface area contributed by atoms with E-state index in [1.54, 1.807) is 13.0 Å². The number of hydrogen-bond acceptors (Lipinski definition) is 3. The molecule has 4 heteroatoms. The fourth-order valence-corrected chi connectivity index (χ4v) is 0.676. The second kappa shape index (κ2) is 7.76. The summed E-state index contributed by atoms with van der Waals surface area (Å²) in [5.74, 6) is -0.146. The molecule has 0 aliphatic carbocycles. The Hall–Kier alpha value is -0.870. The molecule has 0 rings (SSSR count). The fourth-order valence-electron chi connectivity index (χ4n) is 0.676. The van der Waals surface area contributed by atoms with Crippen molar-refractivity contribution in [1.29, 1.82) is 0 Å². The van der Waals surface area contributed by atoms with Gasteiger partial charge in [0.15, 0.2) is 0 Å². The molecule has 0 aromatic heterocycles. The summed E-state index contributed by atoms with van der Waals surface area (Å²) in [5, 5.41) is 2.64. The highest BCUT2D eigenvalue weighted by Gasteiger charge is 2.04. The van der Waals surface area contributed by atoms with E-state index in [4.69, 9.17) is 10.5 Å². The first-order valence-electron chi connectivity index (χ1n) is 4.40. The Morgan fingerprint density at radius 2 is 2.38 bits per heavy atom. The maximum absolute atomic E-state index is 10.9. The van der Waals surface area contributed by atoms with Gasteiger partial charge in [-0.25, -0.2) is 0 Å². The first-order valence-corrected chi connectivity index (χ1v) is 4.40. The lowest BCUT2D eigenvalue weighted by molar-refractivity contribution is -0.122. The molecule has 1 unspecified atom stereocenters. The molecule has 0 heterocycles. The summed E-state index contributed by atoms with van der Waals surface area (Å²) in [6.45, 7) is 6.89. The number of carbonyl (C=O) groups is 1. The van der Waals surface area contributed by atoms with Crippen molar-refractivity contribution in [3.63, 3.8) is 0 Å². The quantitative estimate of drug-likeness (QED) is 0.436. The van der Waals surface area contributed by atoms with Crippen LogP contribution in [0.4, 0.5) is 0 Å². The zero-order valence-corrected chi connectivity index (χ0v) is 8.08. The summed E-state index contributed by atoms with van der Waals surface area (Å²) < 4.78 is 5.18. The van der Waals surface area contributed by atoms with Gasteiger partial charge in [0, 0.05) is 6.54 Å². The van der Waals surface area contributed by atoms with Crippen LogP contribution in [0.25, 0.3) is 0 Å². The lowest BCUT2D eigenvalue weighted by atomic mass is 10.3. The highest BCUT2D eigenvalue weighted by molar-refractivity contribution is 5.80. The van der Waals surface area contributed by atoms with Crippen molar-refractivity contribution >= 4 is 5.91 Å². The van der Waals surface area contributed by atoms with E-state index in [0.717, 1.165) is 6.42 Å². The molecule has 1 atom stereocenters. The maximum Gasteiger partial charge on any atom is 0.236 e. The first-order chi connectivity index (χ1) is 6.18. The van der Waals surface area contributed by atoms with Crippen LogP contribution < -0.4 is 11.1 Å². The van der Waals surface area contributed by atoms with E-state index < -0.39 is 6.04 Å². The summed E-state index contributed by atoms with van der Waals surface area (Å²) in [7, 11) is 0. The predicted octanol–water partition coefficient (Wildman–Crippen LogP) is 0.0425. The number of amides is 1. The van der Waals surface area contributed by atoms with E-state index >= 15 is 0 Å². The van der Waals surface area contributed by atoms with Gasteiger partial charge < -0.3 is 15.8 Å². The van der Waals surface area contributed by atoms with E-state index in [1.165, 1.54) is 0 Å². The zero-order valence-electron chi connectivity index (χ0n) is 8.08. The van der Waals surface area contributed by atoms with Crippen molar-refractivity contribution in [2.75, 3.05) is 19.8 Å². The van der Waals surface area contributed by atoms with Gasteiger partial charge in [-0.15, -0.1) is 6.58 Å². The second-order valence-corrected chi connectivity index (χ2v) is 2.77. The van der Waals surface area contributed by atoms with Gasteiger partial charge >= 0.3 is 0 Å². The molecule has 0 aromatic rings. The van der Waals surface area contributed by atoms with Crippen LogP contribution in [0.1, 0.15) is 13.3 Å². The maximum atomic E-state index is 10.9. The first kappa shape index (κ1) is 12.1. The topological polar surface area (TPSA) is 64.3 Å². The zero-order chi connectivity index (χ0) is 10.1. The summed E-state index contributed by atoms with van der Waals surface area (Å²) in [5.41, 5.74) is 5.33. The average molecular weight is 186 g/mol. The van der Waals surface area contributed by atoms with Crippen LogP contribution in [-0.2, 0) is 9.53 Å². The number of nitrogens with one attached hydrogen (secondary N) is 1. The lowest BCUT2D eigenvalue weighted by Crippen LogP contribution is -2.39. The average Bonchev–Trinajstić information content (AvgIpc) is 2.10. The fraction of sp³-hybridized carbons (Fsp3) is 0.667. The summed E-state index contributed by atoms with van der Waals surface area (Å²) in [6.07, 6.45) is 2.63. The smallest absolute Gasteiger partial charge is 0.236 e. The van der Waals surface area contributed by atoms with Crippen LogP contribution in [-0.4, -0.2) is 31.7 Å². The predicted molar refractivity (Wildman–Crippen MR) is 52.3 cm³/mol. The van der Waals surface area contributed by atoms with Crippen molar-refractivity contribution in [1.82, 2.24) is 5.32 Å². The van der Waals surface area contributed by atoms with Crippen LogP contribution in [0.3, 0.4) is 0 Å². The van der Waals surface area contributed by atoms with Gasteiger partial charge in [-0.1, -0.05) is 6.08 Å². The standard InChI is InChI=1S/C9H18N2O2/c1-3-4-6-13-7-5-11-9(12)8(2)10/h3,8H,1,4-7,10H2,2H3,(H,11,12). The molecular formula is C9H18N2O2. The van der Waals surface area contributed by atoms with Gasteiger partial charge in [-0.2, -0.15) is 0 Å². The van der Waals surface area contributed by atoms with Crippen LogP contribution in [0.2, 0.25) is 0 Å². The molecule has 3 N–H and O–H groups in total. The molecule has 4 nitrogen and oxygen atoms in total. The third-order valence-corrected chi connectivity index (χ3v) is 1.43.